The van der Waals surface area contributed by atoms with E-state index in [0.717, 1.165) is 35.6 Å². The lowest BCUT2D eigenvalue weighted by Gasteiger charge is -2.25. The number of carbonyl (C=O) groups is 1. The van der Waals surface area contributed by atoms with Crippen molar-refractivity contribution in [3.05, 3.63) is 78.4 Å². The minimum absolute atomic E-state index is 0.258. The zero-order chi connectivity index (χ0) is 21.0. The van der Waals surface area contributed by atoms with Gasteiger partial charge in [-0.1, -0.05) is 48.9 Å². The summed E-state index contributed by atoms with van der Waals surface area (Å²) in [5, 5.41) is 4.98. The minimum Gasteiger partial charge on any atom is -0.323 e. The van der Waals surface area contributed by atoms with Crippen LogP contribution in [0.3, 0.4) is 0 Å². The summed E-state index contributed by atoms with van der Waals surface area (Å²) < 4.78 is 27.0. The van der Waals surface area contributed by atoms with Crippen LogP contribution in [0, 0.1) is 0 Å². The monoisotopic (exact) mass is 420 g/mol. The standard InChI is InChI=1S/C24H24N2O3S/c27-24(16-11-20-9-6-8-19-7-2-3-10-23(19)20)25-21-12-14-22(15-13-21)30(28,29)26-17-4-1-5-18-26/h2-3,6-16H,1,4-5,17-18H2,(H,25,27). The molecule has 1 amide bonds. The molecule has 6 heteroatoms. The topological polar surface area (TPSA) is 66.5 Å². The van der Waals surface area contributed by atoms with E-state index < -0.39 is 10.0 Å². The Hall–Kier alpha value is -2.96. The van der Waals surface area contributed by atoms with E-state index in [0.29, 0.717) is 18.8 Å². The summed E-state index contributed by atoms with van der Waals surface area (Å²) in [5.41, 5.74) is 1.52. The minimum atomic E-state index is -3.47. The summed E-state index contributed by atoms with van der Waals surface area (Å²) in [7, 11) is -3.47. The Morgan fingerprint density at radius 3 is 2.33 bits per heavy atom. The molecule has 1 fully saturated rings. The van der Waals surface area contributed by atoms with Gasteiger partial charge in [-0.3, -0.25) is 4.79 Å². The molecular formula is C24H24N2O3S. The number of anilines is 1. The molecule has 0 aliphatic carbocycles. The molecule has 0 saturated carbocycles. The summed E-state index contributed by atoms with van der Waals surface area (Å²) >= 11 is 0. The Morgan fingerprint density at radius 1 is 0.867 bits per heavy atom. The zero-order valence-electron chi connectivity index (χ0n) is 16.6. The molecule has 0 atom stereocenters. The van der Waals surface area contributed by atoms with Crippen molar-refractivity contribution in [2.75, 3.05) is 18.4 Å². The van der Waals surface area contributed by atoms with Crippen molar-refractivity contribution in [1.82, 2.24) is 4.31 Å². The summed E-state index contributed by atoms with van der Waals surface area (Å²) in [4.78, 5) is 12.6. The third-order valence-electron chi connectivity index (χ3n) is 5.31. The van der Waals surface area contributed by atoms with Gasteiger partial charge in [-0.15, -0.1) is 0 Å². The molecule has 30 heavy (non-hydrogen) atoms. The fraction of sp³-hybridized carbons (Fsp3) is 0.208. The van der Waals surface area contributed by atoms with Crippen LogP contribution in [0.25, 0.3) is 16.8 Å². The summed E-state index contributed by atoms with van der Waals surface area (Å²) in [5.74, 6) is -0.269. The average Bonchev–Trinajstić information content (AvgIpc) is 2.78. The summed E-state index contributed by atoms with van der Waals surface area (Å²) in [6, 6.07) is 20.3. The number of rotatable bonds is 5. The maximum absolute atomic E-state index is 12.7. The second-order valence-corrected chi connectivity index (χ2v) is 9.32. The molecule has 3 aromatic carbocycles. The van der Waals surface area contributed by atoms with Crippen molar-refractivity contribution >= 4 is 38.5 Å². The van der Waals surface area contributed by atoms with Gasteiger partial charge in [0.15, 0.2) is 0 Å². The van der Waals surface area contributed by atoms with E-state index in [-0.39, 0.29) is 10.8 Å². The second-order valence-electron chi connectivity index (χ2n) is 7.38. The van der Waals surface area contributed by atoms with Crippen molar-refractivity contribution in [1.29, 1.82) is 0 Å². The number of hydrogen-bond acceptors (Lipinski definition) is 3. The number of carbonyl (C=O) groups excluding carboxylic acids is 1. The number of amides is 1. The highest BCUT2D eigenvalue weighted by atomic mass is 32.2. The van der Waals surface area contributed by atoms with Crippen LogP contribution in [0.1, 0.15) is 24.8 Å². The number of sulfonamides is 1. The summed E-state index contributed by atoms with van der Waals surface area (Å²) in [6.07, 6.45) is 6.14. The van der Waals surface area contributed by atoms with Crippen molar-refractivity contribution < 1.29 is 13.2 Å². The van der Waals surface area contributed by atoms with Crippen LogP contribution in [-0.4, -0.2) is 31.7 Å². The Balaban J connectivity index is 1.44. The van der Waals surface area contributed by atoms with Gasteiger partial charge in [0, 0.05) is 24.9 Å². The Kier molecular flexibility index (Phi) is 5.97. The number of hydrogen-bond donors (Lipinski definition) is 1. The van der Waals surface area contributed by atoms with Gasteiger partial charge in [0.05, 0.1) is 4.90 Å². The van der Waals surface area contributed by atoms with Crippen LogP contribution in [0.15, 0.2) is 77.7 Å². The van der Waals surface area contributed by atoms with Gasteiger partial charge >= 0.3 is 0 Å². The number of nitrogens with one attached hydrogen (secondary N) is 1. The SMILES string of the molecule is O=C(C=Cc1cccc2ccccc12)Nc1ccc(S(=O)(=O)N2CCCCC2)cc1. The number of benzene rings is 3. The Bertz CT molecular complexity index is 1170. The van der Waals surface area contributed by atoms with E-state index in [1.165, 1.54) is 10.4 Å². The molecule has 1 aliphatic rings. The molecule has 0 bridgehead atoms. The smallest absolute Gasteiger partial charge is 0.248 e. The van der Waals surface area contributed by atoms with Crippen LogP contribution in [0.4, 0.5) is 5.69 Å². The largest absolute Gasteiger partial charge is 0.323 e. The van der Waals surface area contributed by atoms with Crippen molar-refractivity contribution in [3.63, 3.8) is 0 Å². The van der Waals surface area contributed by atoms with Crippen molar-refractivity contribution in [2.45, 2.75) is 24.2 Å². The van der Waals surface area contributed by atoms with Crippen LogP contribution in [0.2, 0.25) is 0 Å². The van der Waals surface area contributed by atoms with Crippen molar-refractivity contribution in [3.8, 4) is 0 Å². The first kappa shape index (κ1) is 20.3. The van der Waals surface area contributed by atoms with Crippen LogP contribution in [0.5, 0.6) is 0 Å². The Labute approximate surface area is 177 Å². The van der Waals surface area contributed by atoms with E-state index in [4.69, 9.17) is 0 Å². The molecule has 1 heterocycles. The quantitative estimate of drug-likeness (QED) is 0.610. The highest BCUT2D eigenvalue weighted by Crippen LogP contribution is 2.22. The fourth-order valence-electron chi connectivity index (χ4n) is 3.71. The highest BCUT2D eigenvalue weighted by Gasteiger charge is 2.25. The van der Waals surface area contributed by atoms with Gasteiger partial charge in [0.1, 0.15) is 0 Å². The lowest BCUT2D eigenvalue weighted by atomic mass is 10.0. The molecule has 5 nitrogen and oxygen atoms in total. The summed E-state index contributed by atoms with van der Waals surface area (Å²) in [6.45, 7) is 1.14. The Morgan fingerprint density at radius 2 is 1.57 bits per heavy atom. The van der Waals surface area contributed by atoms with Gasteiger partial charge in [-0.25, -0.2) is 8.42 Å². The normalized spacial score (nSPS) is 15.5. The number of fused-ring (bicyclic) bond motifs is 1. The first-order valence-corrected chi connectivity index (χ1v) is 11.6. The van der Waals surface area contributed by atoms with Crippen LogP contribution < -0.4 is 5.32 Å². The molecular weight excluding hydrogens is 396 g/mol. The lowest BCUT2D eigenvalue weighted by Crippen LogP contribution is -2.35. The molecule has 1 aliphatic heterocycles. The van der Waals surface area contributed by atoms with E-state index in [2.05, 4.69) is 5.32 Å². The number of nitrogens with zero attached hydrogens (tertiary/aromatic N) is 1. The third-order valence-corrected chi connectivity index (χ3v) is 7.23. The average molecular weight is 421 g/mol. The molecule has 0 aromatic heterocycles. The lowest BCUT2D eigenvalue weighted by molar-refractivity contribution is -0.111. The molecule has 0 spiro atoms. The molecule has 1 N–H and O–H groups in total. The van der Waals surface area contributed by atoms with Gasteiger partial charge in [-0.2, -0.15) is 4.31 Å². The maximum Gasteiger partial charge on any atom is 0.248 e. The zero-order valence-corrected chi connectivity index (χ0v) is 17.4. The molecule has 0 radical (unpaired) electrons. The highest BCUT2D eigenvalue weighted by molar-refractivity contribution is 7.89. The first-order valence-electron chi connectivity index (χ1n) is 10.1. The van der Waals surface area contributed by atoms with Crippen LogP contribution in [-0.2, 0) is 14.8 Å². The molecule has 4 rings (SSSR count). The van der Waals surface area contributed by atoms with Crippen molar-refractivity contribution in [2.24, 2.45) is 0 Å². The third kappa shape index (κ3) is 4.45. The predicted octanol–water partition coefficient (Wildman–Crippen LogP) is 4.67. The molecule has 154 valence electrons. The van der Waals surface area contributed by atoms with Gasteiger partial charge in [-0.05, 0) is 59.5 Å². The van der Waals surface area contributed by atoms with Gasteiger partial charge in [0.2, 0.25) is 15.9 Å². The number of piperidine rings is 1. The van der Waals surface area contributed by atoms with E-state index in [1.54, 1.807) is 30.3 Å². The van der Waals surface area contributed by atoms with Gasteiger partial charge < -0.3 is 5.32 Å². The van der Waals surface area contributed by atoms with E-state index in [9.17, 15) is 13.2 Å². The fourth-order valence-corrected chi connectivity index (χ4v) is 5.23. The predicted molar refractivity (Wildman–Crippen MR) is 121 cm³/mol. The first-order chi connectivity index (χ1) is 14.5. The van der Waals surface area contributed by atoms with Gasteiger partial charge in [0.25, 0.3) is 0 Å². The molecule has 0 unspecified atom stereocenters. The van der Waals surface area contributed by atoms with E-state index in [1.807, 2.05) is 42.5 Å². The van der Waals surface area contributed by atoms with E-state index >= 15 is 0 Å². The molecule has 1 saturated heterocycles. The maximum atomic E-state index is 12.7. The molecule has 3 aromatic rings. The second kappa shape index (κ2) is 8.81. The van der Waals surface area contributed by atoms with Crippen LogP contribution >= 0.6 is 0 Å².